The first kappa shape index (κ1) is 11.5. The normalized spacial score (nSPS) is 14.5. The molecule has 92 valence electrons. The quantitative estimate of drug-likeness (QED) is 0.862. The first-order chi connectivity index (χ1) is 8.85. The third kappa shape index (κ3) is 2.31. The van der Waals surface area contributed by atoms with Crippen LogP contribution in [0.3, 0.4) is 0 Å². The van der Waals surface area contributed by atoms with Crippen LogP contribution in [0.25, 0.3) is 0 Å². The zero-order valence-corrected chi connectivity index (χ0v) is 10.7. The molecule has 3 nitrogen and oxygen atoms in total. The first-order valence-corrected chi connectivity index (χ1v) is 6.59. The second-order valence-corrected chi connectivity index (χ2v) is 4.83. The van der Waals surface area contributed by atoms with Crippen LogP contribution < -0.4 is 5.32 Å². The van der Waals surface area contributed by atoms with Gasteiger partial charge in [-0.15, -0.1) is 11.6 Å². The van der Waals surface area contributed by atoms with Crippen LogP contribution in [0.4, 0.5) is 5.95 Å². The summed E-state index contributed by atoms with van der Waals surface area (Å²) in [6.07, 6.45) is 5.61. The highest BCUT2D eigenvalue weighted by atomic mass is 35.5. The van der Waals surface area contributed by atoms with E-state index in [9.17, 15) is 0 Å². The van der Waals surface area contributed by atoms with Crippen LogP contribution in [0.2, 0.25) is 0 Å². The molecule has 0 saturated heterocycles. The Labute approximate surface area is 111 Å². The van der Waals surface area contributed by atoms with Crippen molar-refractivity contribution in [3.05, 3.63) is 53.3 Å². The number of hydrogen-bond donors (Lipinski definition) is 1. The fraction of sp³-hybridized carbons (Fsp3) is 0.286. The zero-order valence-electron chi connectivity index (χ0n) is 9.94. The van der Waals surface area contributed by atoms with Gasteiger partial charge in [0.05, 0.1) is 5.88 Å². The smallest absolute Gasteiger partial charge is 0.222 e. The fourth-order valence-electron chi connectivity index (χ4n) is 2.34. The predicted octanol–water partition coefficient (Wildman–Crippen LogP) is 2.79. The topological polar surface area (TPSA) is 37.8 Å². The highest BCUT2D eigenvalue weighted by Gasteiger charge is 2.21. The van der Waals surface area contributed by atoms with Crippen molar-refractivity contribution in [1.29, 1.82) is 0 Å². The minimum absolute atomic E-state index is 0.393. The predicted molar refractivity (Wildman–Crippen MR) is 72.8 cm³/mol. The summed E-state index contributed by atoms with van der Waals surface area (Å²) in [6, 6.07) is 8.95. The minimum atomic E-state index is 0.393. The first-order valence-electron chi connectivity index (χ1n) is 6.05. The summed E-state index contributed by atoms with van der Waals surface area (Å²) < 4.78 is 0. The summed E-state index contributed by atoms with van der Waals surface area (Å²) in [7, 11) is 0. The van der Waals surface area contributed by atoms with Gasteiger partial charge in [0.25, 0.3) is 0 Å². The van der Waals surface area contributed by atoms with Crippen LogP contribution in [0, 0.1) is 0 Å². The van der Waals surface area contributed by atoms with Gasteiger partial charge in [-0.3, -0.25) is 0 Å². The Bertz CT molecular complexity index is 514. The molecule has 1 aliphatic rings. The van der Waals surface area contributed by atoms with Gasteiger partial charge in [-0.05, 0) is 24.0 Å². The molecular weight excluding hydrogens is 246 g/mol. The van der Waals surface area contributed by atoms with Crippen molar-refractivity contribution in [1.82, 2.24) is 9.97 Å². The van der Waals surface area contributed by atoms with Gasteiger partial charge in [0.2, 0.25) is 5.95 Å². The van der Waals surface area contributed by atoms with Gasteiger partial charge < -0.3 is 5.32 Å². The molecule has 0 bridgehead atoms. The molecule has 0 fully saturated rings. The van der Waals surface area contributed by atoms with Crippen molar-refractivity contribution in [3.63, 3.8) is 0 Å². The summed E-state index contributed by atoms with van der Waals surface area (Å²) in [5, 5.41) is 3.37. The molecule has 0 saturated carbocycles. The summed E-state index contributed by atoms with van der Waals surface area (Å²) in [5.41, 5.74) is 3.79. The van der Waals surface area contributed by atoms with Crippen molar-refractivity contribution >= 4 is 17.5 Å². The Morgan fingerprint density at radius 3 is 2.28 bits per heavy atom. The van der Waals surface area contributed by atoms with Crippen LogP contribution in [0.1, 0.15) is 16.7 Å². The van der Waals surface area contributed by atoms with E-state index in [2.05, 4.69) is 39.6 Å². The van der Waals surface area contributed by atoms with E-state index in [1.807, 2.05) is 0 Å². The number of nitrogens with one attached hydrogen (secondary N) is 1. The van der Waals surface area contributed by atoms with Crippen LogP contribution in [-0.4, -0.2) is 16.0 Å². The van der Waals surface area contributed by atoms with Crippen molar-refractivity contribution in [2.75, 3.05) is 5.32 Å². The number of fused-ring (bicyclic) bond motifs is 1. The molecule has 1 N–H and O–H groups in total. The largest absolute Gasteiger partial charge is 0.351 e. The Morgan fingerprint density at radius 1 is 1.11 bits per heavy atom. The molecule has 1 aromatic heterocycles. The second-order valence-electron chi connectivity index (χ2n) is 4.57. The van der Waals surface area contributed by atoms with Gasteiger partial charge in [0, 0.05) is 24.0 Å². The van der Waals surface area contributed by atoms with Gasteiger partial charge >= 0.3 is 0 Å². The van der Waals surface area contributed by atoms with Gasteiger partial charge in [0.1, 0.15) is 0 Å². The van der Waals surface area contributed by atoms with Crippen LogP contribution in [-0.2, 0) is 18.7 Å². The molecule has 0 radical (unpaired) electrons. The maximum atomic E-state index is 5.71. The van der Waals surface area contributed by atoms with Crippen molar-refractivity contribution in [3.8, 4) is 0 Å². The summed E-state index contributed by atoms with van der Waals surface area (Å²) in [4.78, 5) is 8.54. The number of halogens is 1. The Hall–Kier alpha value is -1.61. The standard InChI is InChI=1S/C14H14ClN3/c15-7-10-8-16-14(17-9-10)18-13-5-11-3-1-2-4-12(11)6-13/h1-4,8-9,13H,5-7H2,(H,16,17,18). The average molecular weight is 260 g/mol. The van der Waals surface area contributed by atoms with Gasteiger partial charge in [-0.1, -0.05) is 24.3 Å². The van der Waals surface area contributed by atoms with E-state index in [0.29, 0.717) is 17.9 Å². The lowest BCUT2D eigenvalue weighted by molar-refractivity contribution is 0.761. The van der Waals surface area contributed by atoms with Gasteiger partial charge in [-0.2, -0.15) is 0 Å². The van der Waals surface area contributed by atoms with Crippen molar-refractivity contribution in [2.24, 2.45) is 0 Å². The lowest BCUT2D eigenvalue weighted by Crippen LogP contribution is -2.21. The monoisotopic (exact) mass is 259 g/mol. The van der Waals surface area contributed by atoms with Crippen molar-refractivity contribution < 1.29 is 0 Å². The van der Waals surface area contributed by atoms with Gasteiger partial charge in [-0.25, -0.2) is 9.97 Å². The number of aromatic nitrogens is 2. The Morgan fingerprint density at radius 2 is 1.72 bits per heavy atom. The number of benzene rings is 1. The highest BCUT2D eigenvalue weighted by molar-refractivity contribution is 6.17. The van der Waals surface area contributed by atoms with E-state index in [-0.39, 0.29) is 0 Å². The molecule has 18 heavy (non-hydrogen) atoms. The lowest BCUT2D eigenvalue weighted by atomic mass is 10.1. The van der Waals surface area contributed by atoms with E-state index in [0.717, 1.165) is 18.4 Å². The molecule has 0 atom stereocenters. The Balaban J connectivity index is 1.68. The van der Waals surface area contributed by atoms with E-state index in [1.54, 1.807) is 12.4 Å². The number of alkyl halides is 1. The molecule has 1 aromatic carbocycles. The summed E-state index contributed by atoms with van der Waals surface area (Å²) in [5.74, 6) is 1.14. The molecule has 0 aliphatic heterocycles. The second kappa shape index (κ2) is 4.94. The number of rotatable bonds is 3. The maximum Gasteiger partial charge on any atom is 0.222 e. The van der Waals surface area contributed by atoms with E-state index in [4.69, 9.17) is 11.6 Å². The molecular formula is C14H14ClN3. The average Bonchev–Trinajstić information content (AvgIpc) is 2.82. The molecule has 0 amide bonds. The minimum Gasteiger partial charge on any atom is -0.351 e. The lowest BCUT2D eigenvalue weighted by Gasteiger charge is -2.11. The molecule has 4 heteroatoms. The SMILES string of the molecule is ClCc1cnc(NC2Cc3ccccc3C2)nc1. The highest BCUT2D eigenvalue weighted by Crippen LogP contribution is 2.23. The number of anilines is 1. The molecule has 1 heterocycles. The van der Waals surface area contributed by atoms with E-state index >= 15 is 0 Å². The fourth-order valence-corrected chi connectivity index (χ4v) is 2.48. The third-order valence-electron chi connectivity index (χ3n) is 3.24. The van der Waals surface area contributed by atoms with Crippen molar-refractivity contribution in [2.45, 2.75) is 24.8 Å². The van der Waals surface area contributed by atoms with Crippen LogP contribution >= 0.6 is 11.6 Å². The Kier molecular flexibility index (Phi) is 3.15. The molecule has 0 spiro atoms. The van der Waals surface area contributed by atoms with E-state index < -0.39 is 0 Å². The maximum absolute atomic E-state index is 5.71. The van der Waals surface area contributed by atoms with Gasteiger partial charge in [0.15, 0.2) is 0 Å². The molecule has 1 aliphatic carbocycles. The summed E-state index contributed by atoms with van der Waals surface area (Å²) in [6.45, 7) is 0. The van der Waals surface area contributed by atoms with Crippen LogP contribution in [0.5, 0.6) is 0 Å². The number of hydrogen-bond acceptors (Lipinski definition) is 3. The molecule has 0 unspecified atom stereocenters. The molecule has 3 rings (SSSR count). The van der Waals surface area contributed by atoms with Crippen LogP contribution in [0.15, 0.2) is 36.7 Å². The zero-order chi connectivity index (χ0) is 12.4. The summed E-state index contributed by atoms with van der Waals surface area (Å²) >= 11 is 5.71. The molecule has 2 aromatic rings. The van der Waals surface area contributed by atoms with E-state index in [1.165, 1.54) is 11.1 Å². The number of nitrogens with zero attached hydrogens (tertiary/aromatic N) is 2. The third-order valence-corrected chi connectivity index (χ3v) is 3.55.